The van der Waals surface area contributed by atoms with Crippen LogP contribution in [-0.4, -0.2) is 176 Å². The summed E-state index contributed by atoms with van der Waals surface area (Å²) in [7, 11) is -9.87. The monoisotopic (exact) mass is 1010 g/mol. The van der Waals surface area contributed by atoms with Gasteiger partial charge in [-0.1, -0.05) is 12.1 Å². The van der Waals surface area contributed by atoms with Crippen molar-refractivity contribution in [2.45, 2.75) is 80.8 Å². The Hall–Kier alpha value is -5.39. The highest BCUT2D eigenvalue weighted by atomic mass is 31.3. The molecule has 4 amide bonds. The number of aromatic nitrogens is 4. The van der Waals surface area contributed by atoms with Gasteiger partial charge in [0, 0.05) is 24.9 Å². The number of hydrogen-bond acceptors (Lipinski definition) is 22. The fourth-order valence-electron chi connectivity index (χ4n) is 8.90. The van der Waals surface area contributed by atoms with Crippen LogP contribution in [0.2, 0.25) is 0 Å². The van der Waals surface area contributed by atoms with E-state index in [1.807, 2.05) is 0 Å². The number of fused-ring (bicyclic) bond motifs is 3. The second kappa shape index (κ2) is 18.7. The van der Waals surface area contributed by atoms with Crippen LogP contribution in [0.5, 0.6) is 0 Å². The molecule has 6 heterocycles. The molecular weight excluding hydrogens is 958 g/mol. The number of aliphatic hydroxyl groups is 7. The van der Waals surface area contributed by atoms with Crippen LogP contribution in [0, 0.1) is 13.8 Å². The fraction of sp³-hybridized carbons (Fsp3) is 0.462. The van der Waals surface area contributed by atoms with Gasteiger partial charge in [0.15, 0.2) is 29.1 Å². The number of imide groups is 1. The third kappa shape index (κ3) is 9.03. The SMILES string of the molecule is Cc1cc2c(cc1C)N1[C@H](O)C[C@@H](c3cccc(C(=O)N(C)CO)c3)[C@]13C(=O)NC(=O)N=C3N2C[C@H](O)[C@H](O)[C@H](O)COP(=O)(O)OP(=O)(O)OC[C@H]1O[C@@H](n2cnc3c(N)ncnc32)[C@H](O)[C@@H]1O. The number of β-amino-alcohol motifs (C(OH)–C–C–N with tert-alkyl or cyclic N) is 1. The van der Waals surface area contributed by atoms with Gasteiger partial charge in [-0.25, -0.2) is 28.9 Å². The van der Waals surface area contributed by atoms with Gasteiger partial charge in [0.2, 0.25) is 0 Å². The molecule has 69 heavy (non-hydrogen) atoms. The van der Waals surface area contributed by atoms with Crippen molar-refractivity contribution in [3.8, 4) is 0 Å². The summed E-state index contributed by atoms with van der Waals surface area (Å²) >= 11 is 0. The summed E-state index contributed by atoms with van der Waals surface area (Å²) in [5, 5.41) is 78.5. The Morgan fingerprint density at radius 2 is 1.70 bits per heavy atom. The van der Waals surface area contributed by atoms with Crippen molar-refractivity contribution in [2.24, 2.45) is 4.99 Å². The minimum absolute atomic E-state index is 0.0111. The highest BCUT2D eigenvalue weighted by Crippen LogP contribution is 2.61. The maximum absolute atomic E-state index is 14.5. The topological polar surface area (TPSA) is 408 Å². The van der Waals surface area contributed by atoms with Gasteiger partial charge in [-0.05, 0) is 54.8 Å². The number of phosphoric acid groups is 2. The first kappa shape index (κ1) is 50.0. The summed E-state index contributed by atoms with van der Waals surface area (Å²) in [6.07, 6.45) is -12.1. The molecule has 0 saturated carbocycles. The number of nitrogen functional groups attached to an aromatic ring is 1. The van der Waals surface area contributed by atoms with E-state index in [0.717, 1.165) is 11.2 Å². The molecule has 4 aliphatic heterocycles. The van der Waals surface area contributed by atoms with Crippen LogP contribution in [-0.2, 0) is 32.0 Å². The molecule has 2 saturated heterocycles. The highest BCUT2D eigenvalue weighted by Gasteiger charge is 2.67. The molecule has 0 radical (unpaired) electrons. The van der Waals surface area contributed by atoms with Crippen molar-refractivity contribution in [3.63, 3.8) is 0 Å². The van der Waals surface area contributed by atoms with Gasteiger partial charge in [-0.2, -0.15) is 9.30 Å². The van der Waals surface area contributed by atoms with Gasteiger partial charge in [0.25, 0.3) is 11.8 Å². The quantitative estimate of drug-likeness (QED) is 0.0436. The van der Waals surface area contributed by atoms with Crippen LogP contribution >= 0.6 is 15.6 Å². The number of rotatable bonds is 16. The number of nitrogens with one attached hydrogen (secondary N) is 1. The van der Waals surface area contributed by atoms with E-state index in [9.17, 15) is 69.0 Å². The number of aliphatic imine (C=N–C) groups is 1. The van der Waals surface area contributed by atoms with Gasteiger partial charge in [-0.15, -0.1) is 0 Å². The van der Waals surface area contributed by atoms with Crippen molar-refractivity contribution in [1.82, 2.24) is 29.7 Å². The number of aryl methyl sites for hydroxylation is 2. The third-order valence-electron chi connectivity index (χ3n) is 12.4. The fourth-order valence-corrected chi connectivity index (χ4v) is 11.0. The summed E-state index contributed by atoms with van der Waals surface area (Å²) in [4.78, 5) is 81.1. The molecule has 12 N–H and O–H groups in total. The molecule has 4 aliphatic rings. The summed E-state index contributed by atoms with van der Waals surface area (Å²) in [6, 6.07) is 8.26. The lowest BCUT2D eigenvalue weighted by atomic mass is 9.75. The van der Waals surface area contributed by atoms with Gasteiger partial charge in [-0.3, -0.25) is 28.5 Å². The van der Waals surface area contributed by atoms with Gasteiger partial charge < -0.3 is 70.7 Å². The molecular formula is C39H48N10O18P2. The standard InChI is InChI=1S/C39H48N10O18P2/c1-17-7-22-23(8-18(17)2)49-27(53)10-21(19-5-4-6-20(9-19)34(57)46(3)16-50)39(49)36(44-38(59)45-37(39)58)47(22)11-24(51)29(54)25(52)12-64-68(60,61)67-69(62,63)65-13-26-30(55)31(56)35(66-26)48-15-43-28-32(40)41-14-42-33(28)48/h4-9,14-15,21,24-27,29-31,35,50-56H,10-13,16H2,1-3H3,(H,60,61)(H,62,63)(H2,40,41,42)(H,45,58,59)/t21-,24-,25+,26+,27+,29-,30+,31+,35+,39-/m0/s1. The number of benzene rings is 2. The molecule has 2 aromatic heterocycles. The summed E-state index contributed by atoms with van der Waals surface area (Å²) in [6.45, 7) is -0.144. The van der Waals surface area contributed by atoms with Crippen LogP contribution in [0.25, 0.3) is 11.2 Å². The Bertz CT molecular complexity index is 2820. The zero-order chi connectivity index (χ0) is 50.1. The maximum atomic E-state index is 14.5. The van der Waals surface area contributed by atoms with E-state index in [-0.39, 0.29) is 46.2 Å². The average Bonchev–Trinajstić information content (AvgIpc) is 3.96. The number of nitrogens with zero attached hydrogens (tertiary/aromatic N) is 8. The number of urea groups is 1. The van der Waals surface area contributed by atoms with Gasteiger partial charge in [0.1, 0.15) is 61.4 Å². The first-order valence-corrected chi connectivity index (χ1v) is 23.9. The lowest BCUT2D eigenvalue weighted by Gasteiger charge is -2.52. The minimum Gasteiger partial charge on any atom is -0.388 e. The number of aliphatic hydroxyl groups excluding tert-OH is 7. The number of amidine groups is 1. The number of phosphoric ester groups is 2. The number of anilines is 3. The lowest BCUT2D eigenvalue weighted by molar-refractivity contribution is -0.123. The Morgan fingerprint density at radius 1 is 1.00 bits per heavy atom. The largest absolute Gasteiger partial charge is 0.481 e. The molecule has 12 atom stereocenters. The number of imidazole rings is 1. The first-order valence-electron chi connectivity index (χ1n) is 20.9. The molecule has 2 fully saturated rings. The molecule has 372 valence electrons. The number of carbonyl (C=O) groups is 3. The number of amides is 4. The van der Waals surface area contributed by atoms with Crippen molar-refractivity contribution < 1.29 is 87.1 Å². The second-order valence-electron chi connectivity index (χ2n) is 16.8. The van der Waals surface area contributed by atoms with Crippen molar-refractivity contribution in [2.75, 3.05) is 49.1 Å². The highest BCUT2D eigenvalue weighted by molar-refractivity contribution is 7.61. The van der Waals surface area contributed by atoms with Crippen LogP contribution in [0.3, 0.4) is 0 Å². The predicted molar refractivity (Wildman–Crippen MR) is 235 cm³/mol. The maximum Gasteiger partial charge on any atom is 0.481 e. The molecule has 0 aliphatic carbocycles. The zero-order valence-electron chi connectivity index (χ0n) is 36.6. The van der Waals surface area contributed by atoms with E-state index in [2.05, 4.69) is 34.1 Å². The number of carbonyl (C=O) groups excluding carboxylic acids is 3. The summed E-state index contributed by atoms with van der Waals surface area (Å²) in [5.41, 5.74) is 6.29. The molecule has 4 aromatic rings. The zero-order valence-corrected chi connectivity index (χ0v) is 38.4. The van der Waals surface area contributed by atoms with E-state index < -0.39 is 121 Å². The van der Waals surface area contributed by atoms with E-state index >= 15 is 0 Å². The van der Waals surface area contributed by atoms with Gasteiger partial charge >= 0.3 is 21.7 Å². The Kier molecular flexibility index (Phi) is 13.6. The smallest absolute Gasteiger partial charge is 0.388 e. The van der Waals surface area contributed by atoms with Crippen molar-refractivity contribution in [3.05, 3.63) is 71.3 Å². The average molecular weight is 1010 g/mol. The van der Waals surface area contributed by atoms with Crippen molar-refractivity contribution >= 4 is 67.7 Å². The van der Waals surface area contributed by atoms with E-state index in [1.165, 1.54) is 45.9 Å². The molecule has 30 heteroatoms. The summed E-state index contributed by atoms with van der Waals surface area (Å²) < 4.78 is 46.3. The third-order valence-corrected chi connectivity index (χ3v) is 15.0. The summed E-state index contributed by atoms with van der Waals surface area (Å²) in [5.74, 6) is -2.84. The molecule has 2 aromatic carbocycles. The van der Waals surface area contributed by atoms with E-state index in [0.29, 0.717) is 16.7 Å². The number of hydrogen-bond donors (Lipinski definition) is 11. The molecule has 0 bridgehead atoms. The van der Waals surface area contributed by atoms with Crippen LogP contribution < -0.4 is 20.9 Å². The van der Waals surface area contributed by atoms with Gasteiger partial charge in [0.05, 0.1) is 37.5 Å². The number of ether oxygens (including phenoxy) is 1. The molecule has 8 rings (SSSR count). The Morgan fingerprint density at radius 3 is 2.41 bits per heavy atom. The predicted octanol–water partition coefficient (Wildman–Crippen LogP) is -1.78. The Labute approximate surface area is 390 Å². The second-order valence-corrected chi connectivity index (χ2v) is 19.8. The van der Waals surface area contributed by atoms with Crippen LogP contribution in [0.15, 0.2) is 54.0 Å². The van der Waals surface area contributed by atoms with Crippen molar-refractivity contribution in [1.29, 1.82) is 0 Å². The normalized spacial score (nSPS) is 27.4. The van der Waals surface area contributed by atoms with Crippen LogP contribution in [0.1, 0.15) is 45.6 Å². The van der Waals surface area contributed by atoms with E-state index in [4.69, 9.17) is 15.0 Å². The number of nitrogens with two attached hydrogens (primary N) is 1. The van der Waals surface area contributed by atoms with E-state index in [1.54, 1.807) is 32.0 Å². The molecule has 2 unspecified atom stereocenters. The first-order chi connectivity index (χ1) is 32.5. The molecule has 28 nitrogen and oxygen atoms in total. The lowest BCUT2D eigenvalue weighted by Crippen LogP contribution is -2.74. The van der Waals surface area contributed by atoms with Crippen LogP contribution in [0.4, 0.5) is 22.0 Å². The Balaban J connectivity index is 0.975. The molecule has 1 spiro atoms. The minimum atomic E-state index is -5.66.